The van der Waals surface area contributed by atoms with Gasteiger partial charge in [0.15, 0.2) is 5.75 Å². The maximum Gasteiger partial charge on any atom is 0.341 e. The van der Waals surface area contributed by atoms with E-state index < -0.39 is 11.4 Å². The third-order valence-electron chi connectivity index (χ3n) is 7.07. The van der Waals surface area contributed by atoms with E-state index in [4.69, 9.17) is 9.84 Å². The molecule has 2 aliphatic carbocycles. The van der Waals surface area contributed by atoms with Crippen LogP contribution in [-0.4, -0.2) is 46.6 Å². The molecule has 1 aliphatic heterocycles. The molecular weight excluding hydrogens is 450 g/mol. The Morgan fingerprint density at radius 1 is 1.15 bits per heavy atom. The van der Waals surface area contributed by atoms with Crippen molar-refractivity contribution in [3.63, 3.8) is 0 Å². The van der Waals surface area contributed by atoms with E-state index in [2.05, 4.69) is 11.1 Å². The second kappa shape index (κ2) is 8.27. The molecule has 3 heterocycles. The number of hydrogen-bond donors (Lipinski definition) is 1. The van der Waals surface area contributed by atoms with Gasteiger partial charge < -0.3 is 14.4 Å². The highest BCUT2D eigenvalue weighted by Crippen LogP contribution is 2.45. The molecular formula is C26H27N3O4S. The van der Waals surface area contributed by atoms with Gasteiger partial charge in [-0.2, -0.15) is 5.10 Å². The van der Waals surface area contributed by atoms with Gasteiger partial charge in [-0.25, -0.2) is 4.79 Å². The van der Waals surface area contributed by atoms with Crippen LogP contribution in [-0.2, 0) is 6.42 Å². The van der Waals surface area contributed by atoms with Crippen LogP contribution in [0.25, 0.3) is 21.3 Å². The number of methoxy groups -OCH3 is 1. The average Bonchev–Trinajstić information content (AvgIpc) is 3.36. The van der Waals surface area contributed by atoms with E-state index in [1.807, 2.05) is 10.6 Å². The molecule has 6 rings (SSSR count). The summed E-state index contributed by atoms with van der Waals surface area (Å²) in [4.78, 5) is 27.1. The van der Waals surface area contributed by atoms with Crippen LogP contribution in [0.3, 0.4) is 0 Å². The second-order valence-electron chi connectivity index (χ2n) is 9.37. The normalized spacial score (nSPS) is 19.1. The largest absolute Gasteiger partial charge is 0.494 e. The number of aromatic nitrogens is 1. The Labute approximate surface area is 201 Å². The van der Waals surface area contributed by atoms with E-state index in [1.165, 1.54) is 35.2 Å². The molecule has 2 aromatic heterocycles. The lowest BCUT2D eigenvalue weighted by atomic mass is 9.96. The number of thiophene rings is 1. The predicted molar refractivity (Wildman–Crippen MR) is 134 cm³/mol. The Morgan fingerprint density at radius 3 is 2.65 bits per heavy atom. The molecule has 0 radical (unpaired) electrons. The highest BCUT2D eigenvalue weighted by Gasteiger charge is 2.30. The summed E-state index contributed by atoms with van der Waals surface area (Å²) in [6, 6.07) is 6.09. The molecule has 0 amide bonds. The van der Waals surface area contributed by atoms with Gasteiger partial charge in [0.05, 0.1) is 23.7 Å². The number of aromatic carboxylic acids is 1. The van der Waals surface area contributed by atoms with Gasteiger partial charge in [0.1, 0.15) is 5.56 Å². The Bertz CT molecular complexity index is 1390. The maximum absolute atomic E-state index is 13.0. The van der Waals surface area contributed by atoms with Gasteiger partial charge in [-0.1, -0.05) is 0 Å². The van der Waals surface area contributed by atoms with Crippen molar-refractivity contribution in [2.75, 3.05) is 20.2 Å². The first-order valence-electron chi connectivity index (χ1n) is 12.0. The molecule has 34 heavy (non-hydrogen) atoms. The van der Waals surface area contributed by atoms with Crippen LogP contribution in [0.5, 0.6) is 5.75 Å². The number of nitrogens with zero attached hydrogens (tertiary/aromatic N) is 3. The number of carbonyl (C=O) groups is 1. The molecule has 1 aromatic carbocycles. The number of rotatable bonds is 5. The molecule has 0 unspecified atom stereocenters. The van der Waals surface area contributed by atoms with Crippen LogP contribution < -0.4 is 10.2 Å². The molecule has 1 saturated heterocycles. The fourth-order valence-corrected chi connectivity index (χ4v) is 6.48. The van der Waals surface area contributed by atoms with Crippen LogP contribution in [0.1, 0.15) is 65.4 Å². The Balaban J connectivity index is 1.52. The zero-order valence-electron chi connectivity index (χ0n) is 19.2. The summed E-state index contributed by atoms with van der Waals surface area (Å²) in [5, 5.41) is 17.2. The predicted octanol–water partition coefficient (Wildman–Crippen LogP) is 4.91. The molecule has 3 aliphatic rings. The van der Waals surface area contributed by atoms with E-state index in [9.17, 15) is 14.7 Å². The van der Waals surface area contributed by atoms with Gasteiger partial charge in [0.25, 0.3) is 0 Å². The van der Waals surface area contributed by atoms with E-state index in [0.29, 0.717) is 16.7 Å². The van der Waals surface area contributed by atoms with Crippen LogP contribution in [0.4, 0.5) is 0 Å². The summed E-state index contributed by atoms with van der Waals surface area (Å²) in [5.74, 6) is -0.560. The van der Waals surface area contributed by atoms with Crippen molar-refractivity contribution in [3.8, 4) is 16.2 Å². The fourth-order valence-electron chi connectivity index (χ4n) is 5.23. The van der Waals surface area contributed by atoms with Crippen molar-refractivity contribution in [2.24, 2.45) is 5.10 Å². The number of carboxylic acid groups (broad SMARTS) is 1. The number of aryl methyl sites for hydroxylation is 1. The smallest absolute Gasteiger partial charge is 0.341 e. The van der Waals surface area contributed by atoms with Crippen molar-refractivity contribution in [3.05, 3.63) is 50.6 Å². The first kappa shape index (κ1) is 21.4. The van der Waals surface area contributed by atoms with Crippen molar-refractivity contribution >= 4 is 33.9 Å². The molecule has 8 heteroatoms. The molecule has 0 atom stereocenters. The van der Waals surface area contributed by atoms with Crippen molar-refractivity contribution in [1.29, 1.82) is 0 Å². The number of ether oxygens (including phenoxy) is 1. The molecule has 3 aromatic rings. The number of fused-ring (bicyclic) bond motifs is 2. The highest BCUT2D eigenvalue weighted by molar-refractivity contribution is 7.16. The average molecular weight is 478 g/mol. The van der Waals surface area contributed by atoms with Gasteiger partial charge in [-0.05, 0) is 63.1 Å². The zero-order chi connectivity index (χ0) is 23.4. The van der Waals surface area contributed by atoms with Gasteiger partial charge >= 0.3 is 5.97 Å². The summed E-state index contributed by atoms with van der Waals surface area (Å²) in [7, 11) is 1.62. The van der Waals surface area contributed by atoms with Crippen LogP contribution in [0, 0.1) is 0 Å². The van der Waals surface area contributed by atoms with E-state index in [-0.39, 0.29) is 11.6 Å². The summed E-state index contributed by atoms with van der Waals surface area (Å²) in [6.07, 6.45) is 8.99. The van der Waals surface area contributed by atoms with Crippen LogP contribution in [0.15, 0.2) is 34.3 Å². The number of carboxylic acids is 1. The van der Waals surface area contributed by atoms with Gasteiger partial charge in [0, 0.05) is 46.2 Å². The minimum absolute atomic E-state index is 0.191. The van der Waals surface area contributed by atoms with Crippen LogP contribution in [0.2, 0.25) is 0 Å². The first-order chi connectivity index (χ1) is 16.5. The molecule has 2 fully saturated rings. The zero-order valence-corrected chi connectivity index (χ0v) is 20.0. The number of hydrogen-bond acceptors (Lipinski definition) is 6. The minimum atomic E-state index is -1.19. The summed E-state index contributed by atoms with van der Waals surface area (Å²) < 4.78 is 7.86. The Morgan fingerprint density at radius 2 is 1.94 bits per heavy atom. The van der Waals surface area contributed by atoms with Crippen molar-refractivity contribution < 1.29 is 14.6 Å². The topological polar surface area (TPSA) is 84.1 Å². The monoisotopic (exact) mass is 477 g/mol. The molecule has 0 spiro atoms. The summed E-state index contributed by atoms with van der Waals surface area (Å²) in [5.41, 5.74) is 3.38. The number of hydrazone groups is 1. The number of benzene rings is 1. The lowest BCUT2D eigenvalue weighted by Crippen LogP contribution is -2.19. The first-order valence-corrected chi connectivity index (χ1v) is 12.8. The fraction of sp³-hybridized carbons (Fsp3) is 0.423. The van der Waals surface area contributed by atoms with E-state index >= 15 is 0 Å². The Kier molecular flexibility index (Phi) is 5.21. The van der Waals surface area contributed by atoms with Gasteiger partial charge in [-0.3, -0.25) is 9.80 Å². The van der Waals surface area contributed by atoms with E-state index in [1.54, 1.807) is 24.5 Å². The summed E-state index contributed by atoms with van der Waals surface area (Å²) >= 11 is 1.77. The van der Waals surface area contributed by atoms with Crippen molar-refractivity contribution in [2.45, 2.75) is 51.0 Å². The van der Waals surface area contributed by atoms with Gasteiger partial charge in [-0.15, -0.1) is 11.3 Å². The third kappa shape index (κ3) is 3.52. The Hall–Kier alpha value is -3.13. The second-order valence-corrected chi connectivity index (χ2v) is 10.5. The van der Waals surface area contributed by atoms with E-state index in [0.717, 1.165) is 55.6 Å². The lowest BCUT2D eigenvalue weighted by Gasteiger charge is -2.18. The van der Waals surface area contributed by atoms with Crippen molar-refractivity contribution in [1.82, 2.24) is 9.58 Å². The quantitative estimate of drug-likeness (QED) is 0.565. The third-order valence-corrected chi connectivity index (χ3v) is 8.30. The number of pyridine rings is 1. The molecule has 1 saturated carbocycles. The molecule has 7 nitrogen and oxygen atoms in total. The van der Waals surface area contributed by atoms with Crippen LogP contribution >= 0.6 is 11.3 Å². The molecule has 0 bridgehead atoms. The van der Waals surface area contributed by atoms with Gasteiger partial charge in [0.2, 0.25) is 5.43 Å². The highest BCUT2D eigenvalue weighted by atomic mass is 32.1. The molecule has 1 N–H and O–H groups in total. The standard InChI is InChI=1S/C26H27N3O4S/c1-33-25-16(9-10-17-23(25)29(15-7-8-15)14-19(24(17)30)26(31)32)22-13-18-20(5-4-6-21(18)34-22)27-28-11-2-3-12-28/h9-10,13-15H,2-8,11-12H2,1H3,(H,31,32)/b27-20-. The lowest BCUT2D eigenvalue weighted by molar-refractivity contribution is 0.0695. The summed E-state index contributed by atoms with van der Waals surface area (Å²) in [6.45, 7) is 2.07. The minimum Gasteiger partial charge on any atom is -0.494 e. The molecule has 176 valence electrons. The SMILES string of the molecule is COc1c(-c2cc3c(s2)CCC/C3=N/N2CCCC2)ccc2c(=O)c(C(=O)O)cn(C3CC3)c12. The maximum atomic E-state index is 13.0.